The Morgan fingerprint density at radius 2 is 1.96 bits per heavy atom. The van der Waals surface area contributed by atoms with Crippen LogP contribution in [0.5, 0.6) is 0 Å². The zero-order valence-corrected chi connectivity index (χ0v) is 12.2. The molecule has 0 saturated carbocycles. The smallest absolute Gasteiger partial charge is 0.356 e. The number of benzene rings is 2. The highest BCUT2D eigenvalue weighted by molar-refractivity contribution is 6.33. The van der Waals surface area contributed by atoms with Crippen LogP contribution in [-0.4, -0.2) is 16.2 Å². The normalized spacial score (nSPS) is 10.6. The van der Waals surface area contributed by atoms with Crippen molar-refractivity contribution in [1.82, 2.24) is 10.2 Å². The summed E-state index contributed by atoms with van der Waals surface area (Å²) in [6.07, 6.45) is 0. The van der Waals surface area contributed by atoms with E-state index in [-0.39, 0.29) is 22.4 Å². The number of carbonyl (C=O) groups excluding carboxylic acids is 1. The summed E-state index contributed by atoms with van der Waals surface area (Å²) in [5.41, 5.74) is 1.15. The molecule has 0 aliphatic carbocycles. The Morgan fingerprint density at radius 1 is 1.17 bits per heavy atom. The molecular formula is C15H9ClFN3O3. The molecule has 1 heterocycles. The molecule has 0 spiro atoms. The zero-order valence-electron chi connectivity index (χ0n) is 11.5. The first-order valence-electron chi connectivity index (χ1n) is 6.39. The Hall–Kier alpha value is -2.77. The van der Waals surface area contributed by atoms with Gasteiger partial charge in [0.1, 0.15) is 5.82 Å². The Kier molecular flexibility index (Phi) is 4.05. The molecule has 0 amide bonds. The molecule has 0 radical (unpaired) electrons. The topological polar surface area (TPSA) is 91.2 Å². The highest BCUT2D eigenvalue weighted by Gasteiger charge is 2.15. The second-order valence-electron chi connectivity index (χ2n) is 4.52. The Bertz CT molecular complexity index is 882. The van der Waals surface area contributed by atoms with Crippen LogP contribution in [0.4, 0.5) is 4.39 Å². The summed E-state index contributed by atoms with van der Waals surface area (Å²) in [5.74, 6) is 4.01. The van der Waals surface area contributed by atoms with Crippen molar-refractivity contribution < 1.29 is 18.4 Å². The van der Waals surface area contributed by atoms with Gasteiger partial charge in [-0.3, -0.25) is 0 Å². The van der Waals surface area contributed by atoms with Gasteiger partial charge in [0.05, 0.1) is 16.1 Å². The lowest BCUT2D eigenvalue weighted by Crippen LogP contribution is -2.09. The molecule has 0 saturated heterocycles. The summed E-state index contributed by atoms with van der Waals surface area (Å²) in [4.78, 5) is 15.6. The van der Waals surface area contributed by atoms with Crippen molar-refractivity contribution in [1.29, 1.82) is 0 Å². The first-order chi connectivity index (χ1) is 11.1. The van der Waals surface area contributed by atoms with E-state index in [2.05, 4.69) is 15.0 Å². The largest absolute Gasteiger partial charge is 0.416 e. The van der Waals surface area contributed by atoms with Crippen LogP contribution in [0.3, 0.4) is 0 Å². The molecule has 2 aromatic carbocycles. The fourth-order valence-corrected chi connectivity index (χ4v) is 2.21. The predicted octanol–water partition coefficient (Wildman–Crippen LogP) is 3.23. The molecular weight excluding hydrogens is 325 g/mol. The quantitative estimate of drug-likeness (QED) is 0.740. The molecule has 0 aliphatic heterocycles. The molecule has 6 nitrogen and oxygen atoms in total. The van der Waals surface area contributed by atoms with E-state index in [1.807, 2.05) is 0 Å². The first-order valence-corrected chi connectivity index (χ1v) is 6.76. The second kappa shape index (κ2) is 6.15. The maximum absolute atomic E-state index is 13.1. The van der Waals surface area contributed by atoms with Gasteiger partial charge in [0, 0.05) is 5.56 Å². The average molecular weight is 334 g/mol. The number of nitrogens with two attached hydrogens (primary N) is 1. The minimum atomic E-state index is -0.687. The molecule has 0 unspecified atom stereocenters. The molecule has 2 N–H and O–H groups in total. The van der Waals surface area contributed by atoms with Crippen molar-refractivity contribution in [2.45, 2.75) is 0 Å². The SMILES string of the molecule is NOC(=O)c1cccc(-c2nnc(-c3ccc(F)cc3Cl)o2)c1. The molecule has 8 heteroatoms. The number of halogens is 2. The number of aromatic nitrogens is 2. The zero-order chi connectivity index (χ0) is 16.4. The van der Waals surface area contributed by atoms with E-state index in [1.54, 1.807) is 12.1 Å². The van der Waals surface area contributed by atoms with E-state index in [1.165, 1.54) is 24.3 Å². The monoisotopic (exact) mass is 333 g/mol. The van der Waals surface area contributed by atoms with Crippen LogP contribution in [0.15, 0.2) is 46.9 Å². The van der Waals surface area contributed by atoms with Crippen LogP contribution in [0.1, 0.15) is 10.4 Å². The van der Waals surface area contributed by atoms with Gasteiger partial charge in [-0.15, -0.1) is 10.2 Å². The maximum atomic E-state index is 13.1. The van der Waals surface area contributed by atoms with Crippen LogP contribution >= 0.6 is 11.6 Å². The van der Waals surface area contributed by atoms with Gasteiger partial charge in [0.25, 0.3) is 0 Å². The molecule has 3 rings (SSSR count). The third-order valence-corrected chi connectivity index (χ3v) is 3.35. The molecule has 1 aromatic heterocycles. The van der Waals surface area contributed by atoms with Gasteiger partial charge in [-0.25, -0.2) is 9.18 Å². The van der Waals surface area contributed by atoms with Crippen molar-refractivity contribution in [2.75, 3.05) is 0 Å². The van der Waals surface area contributed by atoms with Gasteiger partial charge in [-0.1, -0.05) is 17.7 Å². The molecule has 0 atom stereocenters. The summed E-state index contributed by atoms with van der Waals surface area (Å²) in [6, 6.07) is 10.2. The predicted molar refractivity (Wildman–Crippen MR) is 79.7 cm³/mol. The van der Waals surface area contributed by atoms with Crippen molar-refractivity contribution >= 4 is 17.6 Å². The number of rotatable bonds is 3. The van der Waals surface area contributed by atoms with Gasteiger partial charge >= 0.3 is 5.97 Å². The number of hydrogen-bond donors (Lipinski definition) is 1. The van der Waals surface area contributed by atoms with Crippen LogP contribution in [0.25, 0.3) is 22.9 Å². The van der Waals surface area contributed by atoms with Crippen molar-refractivity contribution in [2.24, 2.45) is 5.90 Å². The average Bonchev–Trinajstić information content (AvgIpc) is 3.04. The van der Waals surface area contributed by atoms with Gasteiger partial charge in [0.2, 0.25) is 11.8 Å². The standard InChI is InChI=1S/C15H9ClFN3O3/c16-12-7-10(17)4-5-11(12)14-20-19-13(22-14)8-2-1-3-9(6-8)15(21)23-18/h1-7H,18H2. The van der Waals surface area contributed by atoms with Gasteiger partial charge in [0.15, 0.2) is 0 Å². The summed E-state index contributed by atoms with van der Waals surface area (Å²) < 4.78 is 18.6. The minimum absolute atomic E-state index is 0.136. The maximum Gasteiger partial charge on any atom is 0.356 e. The first kappa shape index (κ1) is 15.1. The lowest BCUT2D eigenvalue weighted by molar-refractivity contribution is 0.0503. The number of hydrogen-bond acceptors (Lipinski definition) is 6. The molecule has 116 valence electrons. The lowest BCUT2D eigenvalue weighted by atomic mass is 10.1. The molecule has 0 fully saturated rings. The third-order valence-electron chi connectivity index (χ3n) is 3.04. The van der Waals surface area contributed by atoms with Crippen LogP contribution in [0, 0.1) is 5.82 Å². The Balaban J connectivity index is 1.97. The van der Waals surface area contributed by atoms with Gasteiger partial charge < -0.3 is 9.25 Å². The van der Waals surface area contributed by atoms with E-state index in [0.717, 1.165) is 6.07 Å². The van der Waals surface area contributed by atoms with Crippen LogP contribution in [0.2, 0.25) is 5.02 Å². The van der Waals surface area contributed by atoms with Crippen LogP contribution in [-0.2, 0) is 4.84 Å². The molecule has 23 heavy (non-hydrogen) atoms. The Labute approximate surface area is 134 Å². The highest BCUT2D eigenvalue weighted by Crippen LogP contribution is 2.30. The molecule has 3 aromatic rings. The van der Waals surface area contributed by atoms with E-state index >= 15 is 0 Å². The second-order valence-corrected chi connectivity index (χ2v) is 4.93. The summed E-state index contributed by atoms with van der Waals surface area (Å²) >= 11 is 5.96. The van der Waals surface area contributed by atoms with Gasteiger partial charge in [-0.2, -0.15) is 5.90 Å². The third kappa shape index (κ3) is 3.05. The fraction of sp³-hybridized carbons (Fsp3) is 0. The van der Waals surface area contributed by atoms with E-state index in [4.69, 9.17) is 21.9 Å². The fourth-order valence-electron chi connectivity index (χ4n) is 1.96. The van der Waals surface area contributed by atoms with Gasteiger partial charge in [-0.05, 0) is 36.4 Å². The summed E-state index contributed by atoms with van der Waals surface area (Å²) in [7, 11) is 0. The summed E-state index contributed by atoms with van der Waals surface area (Å²) in [5, 5.41) is 7.94. The Morgan fingerprint density at radius 3 is 2.70 bits per heavy atom. The lowest BCUT2D eigenvalue weighted by Gasteiger charge is -2.00. The minimum Gasteiger partial charge on any atom is -0.416 e. The number of carbonyl (C=O) groups is 1. The summed E-state index contributed by atoms with van der Waals surface area (Å²) in [6.45, 7) is 0. The molecule has 0 bridgehead atoms. The van der Waals surface area contributed by atoms with Crippen molar-refractivity contribution in [3.05, 3.63) is 58.9 Å². The van der Waals surface area contributed by atoms with E-state index in [0.29, 0.717) is 11.1 Å². The number of nitrogens with zero attached hydrogens (tertiary/aromatic N) is 2. The highest BCUT2D eigenvalue weighted by atomic mass is 35.5. The van der Waals surface area contributed by atoms with Crippen LogP contribution < -0.4 is 5.90 Å². The molecule has 0 aliphatic rings. The van der Waals surface area contributed by atoms with E-state index < -0.39 is 11.8 Å². The van der Waals surface area contributed by atoms with Crippen molar-refractivity contribution in [3.63, 3.8) is 0 Å². The van der Waals surface area contributed by atoms with E-state index in [9.17, 15) is 9.18 Å². The van der Waals surface area contributed by atoms with Crippen molar-refractivity contribution in [3.8, 4) is 22.9 Å².